The first-order valence-corrected chi connectivity index (χ1v) is 4.90. The van der Waals surface area contributed by atoms with Crippen LogP contribution in [0.5, 0.6) is 0 Å². The number of carbonyl (C=O) groups excluding carboxylic acids is 2. The van der Waals surface area contributed by atoms with Gasteiger partial charge in [-0.25, -0.2) is 0 Å². The molecule has 0 aliphatic heterocycles. The summed E-state index contributed by atoms with van der Waals surface area (Å²) in [6.07, 6.45) is 4.86. The molecule has 1 atom stereocenters. The molecule has 0 rings (SSSR count). The number of hydrogen-bond acceptors (Lipinski definition) is 2. The topological polar surface area (TPSA) is 46.2 Å². The molecule has 13 heavy (non-hydrogen) atoms. The molecule has 0 aliphatic rings. The molecule has 0 saturated heterocycles. The van der Waals surface area contributed by atoms with Gasteiger partial charge in [-0.2, -0.15) is 0 Å². The number of rotatable bonds is 7. The highest BCUT2D eigenvalue weighted by Gasteiger charge is 2.02. The summed E-state index contributed by atoms with van der Waals surface area (Å²) in [4.78, 5) is 20.9. The zero-order chi connectivity index (χ0) is 10.1. The predicted octanol–water partition coefficient (Wildman–Crippen LogP) is 1.52. The smallest absolute Gasteiger partial charge is 0.216 e. The fourth-order valence-corrected chi connectivity index (χ4v) is 1.16. The summed E-state index contributed by atoms with van der Waals surface area (Å²) < 4.78 is 0. The standard InChI is InChI=1S/C10H19NO2/c1-3-10(8-12)6-4-5-7-11-9(2)13/h8,10H,3-7H2,1-2H3,(H,11,13). The molecule has 3 heteroatoms. The normalized spacial score (nSPS) is 12.2. The van der Waals surface area contributed by atoms with E-state index in [9.17, 15) is 9.59 Å². The van der Waals surface area contributed by atoms with Gasteiger partial charge < -0.3 is 10.1 Å². The summed E-state index contributed by atoms with van der Waals surface area (Å²) in [7, 11) is 0. The second-order valence-electron chi connectivity index (χ2n) is 3.28. The monoisotopic (exact) mass is 185 g/mol. The van der Waals surface area contributed by atoms with Crippen molar-refractivity contribution < 1.29 is 9.59 Å². The maximum absolute atomic E-state index is 10.5. The minimum atomic E-state index is 0.0161. The maximum Gasteiger partial charge on any atom is 0.216 e. The van der Waals surface area contributed by atoms with Crippen molar-refractivity contribution in [2.24, 2.45) is 5.92 Å². The van der Waals surface area contributed by atoms with E-state index < -0.39 is 0 Å². The SMILES string of the molecule is CCC(C=O)CCCCNC(C)=O. The molecule has 0 saturated carbocycles. The van der Waals surface area contributed by atoms with E-state index in [-0.39, 0.29) is 11.8 Å². The summed E-state index contributed by atoms with van der Waals surface area (Å²) in [5.74, 6) is 0.222. The Hall–Kier alpha value is -0.860. The summed E-state index contributed by atoms with van der Waals surface area (Å²) in [6, 6.07) is 0. The Morgan fingerprint density at radius 1 is 1.46 bits per heavy atom. The number of carbonyl (C=O) groups is 2. The molecule has 0 aromatic heterocycles. The van der Waals surface area contributed by atoms with E-state index in [1.165, 1.54) is 6.92 Å². The Labute approximate surface area is 79.9 Å². The van der Waals surface area contributed by atoms with Crippen molar-refractivity contribution in [3.63, 3.8) is 0 Å². The molecule has 3 nitrogen and oxygen atoms in total. The van der Waals surface area contributed by atoms with Gasteiger partial charge >= 0.3 is 0 Å². The first-order chi connectivity index (χ1) is 6.20. The molecule has 1 unspecified atom stereocenters. The van der Waals surface area contributed by atoms with Crippen molar-refractivity contribution in [3.05, 3.63) is 0 Å². The molecule has 0 bridgehead atoms. The van der Waals surface area contributed by atoms with Crippen molar-refractivity contribution in [2.75, 3.05) is 6.54 Å². The zero-order valence-electron chi connectivity index (χ0n) is 8.51. The quantitative estimate of drug-likeness (QED) is 0.483. The fourth-order valence-electron chi connectivity index (χ4n) is 1.16. The zero-order valence-corrected chi connectivity index (χ0v) is 8.51. The third kappa shape index (κ3) is 7.50. The lowest BCUT2D eigenvalue weighted by atomic mass is 10.0. The van der Waals surface area contributed by atoms with Crippen molar-refractivity contribution in [1.29, 1.82) is 0 Å². The second-order valence-corrected chi connectivity index (χ2v) is 3.28. The minimum absolute atomic E-state index is 0.0161. The van der Waals surface area contributed by atoms with Crippen LogP contribution in [0, 0.1) is 5.92 Å². The van der Waals surface area contributed by atoms with Gasteiger partial charge in [-0.1, -0.05) is 13.3 Å². The van der Waals surface area contributed by atoms with Gasteiger partial charge in [0.25, 0.3) is 0 Å². The molecular weight excluding hydrogens is 166 g/mol. The lowest BCUT2D eigenvalue weighted by molar-refractivity contribution is -0.119. The largest absolute Gasteiger partial charge is 0.356 e. The highest BCUT2D eigenvalue weighted by atomic mass is 16.1. The van der Waals surface area contributed by atoms with E-state index in [1.807, 2.05) is 6.92 Å². The third-order valence-corrected chi connectivity index (χ3v) is 2.09. The minimum Gasteiger partial charge on any atom is -0.356 e. The molecule has 0 spiro atoms. The first kappa shape index (κ1) is 12.1. The van der Waals surface area contributed by atoms with Crippen molar-refractivity contribution >= 4 is 12.2 Å². The average molecular weight is 185 g/mol. The van der Waals surface area contributed by atoms with Crippen molar-refractivity contribution in [3.8, 4) is 0 Å². The molecular formula is C10H19NO2. The van der Waals surface area contributed by atoms with Gasteiger partial charge in [-0.05, 0) is 19.3 Å². The summed E-state index contributed by atoms with van der Waals surface area (Å²) >= 11 is 0. The van der Waals surface area contributed by atoms with E-state index >= 15 is 0 Å². The van der Waals surface area contributed by atoms with Crippen LogP contribution in [0.1, 0.15) is 39.5 Å². The van der Waals surface area contributed by atoms with Crippen molar-refractivity contribution in [2.45, 2.75) is 39.5 Å². The molecule has 0 radical (unpaired) electrons. The van der Waals surface area contributed by atoms with Crippen LogP contribution in [-0.2, 0) is 9.59 Å². The highest BCUT2D eigenvalue weighted by molar-refractivity contribution is 5.72. The van der Waals surface area contributed by atoms with Crippen LogP contribution >= 0.6 is 0 Å². The molecule has 76 valence electrons. The van der Waals surface area contributed by atoms with Gasteiger partial charge in [0.05, 0.1) is 0 Å². The van der Waals surface area contributed by atoms with E-state index in [4.69, 9.17) is 0 Å². The lowest BCUT2D eigenvalue weighted by Gasteiger charge is -2.06. The van der Waals surface area contributed by atoms with Gasteiger partial charge in [0, 0.05) is 19.4 Å². The molecule has 0 aromatic rings. The number of hydrogen-bond donors (Lipinski definition) is 1. The Morgan fingerprint density at radius 3 is 2.62 bits per heavy atom. The summed E-state index contributed by atoms with van der Waals surface area (Å²) in [6.45, 7) is 4.26. The molecule has 0 aliphatic carbocycles. The Balaban J connectivity index is 3.24. The average Bonchev–Trinajstić information content (AvgIpc) is 2.11. The van der Waals surface area contributed by atoms with Crippen LogP contribution in [0.25, 0.3) is 0 Å². The van der Waals surface area contributed by atoms with Crippen LogP contribution in [-0.4, -0.2) is 18.7 Å². The number of unbranched alkanes of at least 4 members (excludes halogenated alkanes) is 1. The Bertz CT molecular complexity index is 157. The molecule has 1 amide bonds. The van der Waals surface area contributed by atoms with Crippen molar-refractivity contribution in [1.82, 2.24) is 5.32 Å². The van der Waals surface area contributed by atoms with E-state index in [1.54, 1.807) is 0 Å². The molecule has 1 N–H and O–H groups in total. The number of nitrogens with one attached hydrogen (secondary N) is 1. The van der Waals surface area contributed by atoms with Gasteiger partial charge in [0.2, 0.25) is 5.91 Å². The Kier molecular flexibility index (Phi) is 7.26. The third-order valence-electron chi connectivity index (χ3n) is 2.09. The van der Waals surface area contributed by atoms with Gasteiger partial charge in [-0.3, -0.25) is 4.79 Å². The van der Waals surface area contributed by atoms with Crippen LogP contribution in [0.4, 0.5) is 0 Å². The molecule has 0 aromatic carbocycles. The van der Waals surface area contributed by atoms with Gasteiger partial charge in [-0.15, -0.1) is 0 Å². The highest BCUT2D eigenvalue weighted by Crippen LogP contribution is 2.08. The van der Waals surface area contributed by atoms with Crippen LogP contribution in [0.3, 0.4) is 0 Å². The van der Waals surface area contributed by atoms with Crippen LogP contribution in [0.2, 0.25) is 0 Å². The number of aldehydes is 1. The van der Waals surface area contributed by atoms with E-state index in [2.05, 4.69) is 5.32 Å². The van der Waals surface area contributed by atoms with E-state index in [0.29, 0.717) is 0 Å². The predicted molar refractivity (Wildman–Crippen MR) is 52.4 cm³/mol. The van der Waals surface area contributed by atoms with Gasteiger partial charge in [0.15, 0.2) is 0 Å². The van der Waals surface area contributed by atoms with E-state index in [0.717, 1.165) is 38.5 Å². The lowest BCUT2D eigenvalue weighted by Crippen LogP contribution is -2.20. The number of amides is 1. The molecule has 0 fully saturated rings. The van der Waals surface area contributed by atoms with Crippen LogP contribution in [0.15, 0.2) is 0 Å². The first-order valence-electron chi connectivity index (χ1n) is 4.90. The second kappa shape index (κ2) is 7.77. The summed E-state index contributed by atoms with van der Waals surface area (Å²) in [5.41, 5.74) is 0. The maximum atomic E-state index is 10.5. The molecule has 0 heterocycles. The summed E-state index contributed by atoms with van der Waals surface area (Å²) in [5, 5.41) is 2.73. The van der Waals surface area contributed by atoms with Crippen LogP contribution < -0.4 is 5.32 Å². The Morgan fingerprint density at radius 2 is 2.15 bits per heavy atom. The van der Waals surface area contributed by atoms with Gasteiger partial charge in [0.1, 0.15) is 6.29 Å². The fraction of sp³-hybridized carbons (Fsp3) is 0.800.